The van der Waals surface area contributed by atoms with Crippen LogP contribution in [0.2, 0.25) is 0 Å². The van der Waals surface area contributed by atoms with E-state index in [0.717, 1.165) is 4.90 Å². The second-order valence-corrected chi connectivity index (χ2v) is 8.23. The Morgan fingerprint density at radius 3 is 2.76 bits per heavy atom. The van der Waals surface area contributed by atoms with Crippen molar-refractivity contribution in [1.82, 2.24) is 24.8 Å². The van der Waals surface area contributed by atoms with Gasteiger partial charge in [-0.25, -0.2) is 23.7 Å². The lowest BCUT2D eigenvalue weighted by molar-refractivity contribution is -0.165. The third-order valence-electron chi connectivity index (χ3n) is 5.58. The summed E-state index contributed by atoms with van der Waals surface area (Å²) < 4.78 is 40.1. The van der Waals surface area contributed by atoms with Crippen LogP contribution >= 0.6 is 0 Å². The van der Waals surface area contributed by atoms with Crippen molar-refractivity contribution in [3.8, 4) is 29.1 Å². The molecule has 1 unspecified atom stereocenters. The molecule has 3 aromatic rings. The van der Waals surface area contributed by atoms with Crippen molar-refractivity contribution >= 4 is 17.7 Å². The van der Waals surface area contributed by atoms with Crippen LogP contribution < -0.4 is 14.8 Å². The molecule has 2 atom stereocenters. The number of carbonyl (C=O) groups excluding carboxylic acids is 1. The molecule has 1 saturated heterocycles. The maximum atomic E-state index is 14.8. The number of amides is 1. The molecule has 0 aliphatic carbocycles. The van der Waals surface area contributed by atoms with Gasteiger partial charge in [0, 0.05) is 30.9 Å². The summed E-state index contributed by atoms with van der Waals surface area (Å²) in [6, 6.07) is 9.90. The predicted molar refractivity (Wildman–Crippen MR) is 126 cm³/mol. The lowest BCUT2D eigenvalue weighted by Crippen LogP contribution is -2.56. The first-order valence-corrected chi connectivity index (χ1v) is 11.2. The SMILES string of the molecule is COc1nccc(Nc2nccc(-c3ccc(OC4CCN(C(=O)[C@H](C)O)CC4(F)F)c(C#N)c3)n2)n1. The fourth-order valence-electron chi connectivity index (χ4n) is 3.75. The van der Waals surface area contributed by atoms with Crippen molar-refractivity contribution in [1.29, 1.82) is 5.26 Å². The van der Waals surface area contributed by atoms with Gasteiger partial charge in [0.1, 0.15) is 23.7 Å². The molecule has 0 radical (unpaired) electrons. The molecule has 1 aliphatic rings. The average Bonchev–Trinajstić information content (AvgIpc) is 2.89. The molecule has 1 aliphatic heterocycles. The minimum Gasteiger partial charge on any atom is -0.483 e. The number of nitrogens with zero attached hydrogens (tertiary/aromatic N) is 6. The van der Waals surface area contributed by atoms with E-state index in [-0.39, 0.29) is 36.2 Å². The lowest BCUT2D eigenvalue weighted by atomic mass is 10.0. The number of alkyl halides is 2. The summed E-state index contributed by atoms with van der Waals surface area (Å²) in [6.45, 7) is 0.350. The number of hydrogen-bond acceptors (Lipinski definition) is 10. The lowest BCUT2D eigenvalue weighted by Gasteiger charge is -2.38. The van der Waals surface area contributed by atoms with Crippen molar-refractivity contribution in [3.05, 3.63) is 48.3 Å². The van der Waals surface area contributed by atoms with Gasteiger partial charge < -0.3 is 24.8 Å². The van der Waals surface area contributed by atoms with Gasteiger partial charge in [-0.1, -0.05) is 0 Å². The molecular formula is C24H23F2N7O4. The number of aliphatic hydroxyl groups excluding tert-OH is 1. The predicted octanol–water partition coefficient (Wildman–Crippen LogP) is 2.55. The highest BCUT2D eigenvalue weighted by molar-refractivity contribution is 5.80. The number of ether oxygens (including phenoxy) is 2. The standard InChI is InChI=1S/C24H23F2N7O4/c1-14(34)21(35)33-10-7-19(24(25,26)13-33)37-18-4-3-15(11-16(18)12-27)17-5-8-28-22(30-17)31-20-6-9-29-23(32-20)36-2/h3-6,8-9,11,14,19,34H,7,10,13H2,1-2H3,(H,28,29,30,31,32)/t14-,19?/m0/s1. The highest BCUT2D eigenvalue weighted by atomic mass is 19.3. The number of methoxy groups -OCH3 is 1. The van der Waals surface area contributed by atoms with Crippen LogP contribution in [0.25, 0.3) is 11.3 Å². The van der Waals surface area contributed by atoms with Crippen LogP contribution in [0.4, 0.5) is 20.5 Å². The summed E-state index contributed by atoms with van der Waals surface area (Å²) in [5.74, 6) is -3.50. The van der Waals surface area contributed by atoms with Gasteiger partial charge in [0.05, 0.1) is 24.9 Å². The number of aromatic nitrogens is 4. The number of halogens is 2. The van der Waals surface area contributed by atoms with E-state index in [1.807, 2.05) is 6.07 Å². The number of likely N-dealkylation sites (tertiary alicyclic amines) is 1. The number of anilines is 2. The molecule has 1 amide bonds. The molecule has 3 heterocycles. The molecule has 1 aromatic carbocycles. The van der Waals surface area contributed by atoms with Gasteiger partial charge in [-0.15, -0.1) is 0 Å². The number of nitriles is 1. The van der Waals surface area contributed by atoms with Crippen LogP contribution in [0.5, 0.6) is 11.8 Å². The molecule has 13 heteroatoms. The van der Waals surface area contributed by atoms with Crippen LogP contribution in [0, 0.1) is 11.3 Å². The fraction of sp³-hybridized carbons (Fsp3) is 0.333. The number of piperidine rings is 1. The van der Waals surface area contributed by atoms with Crippen molar-refractivity contribution in [2.45, 2.75) is 31.5 Å². The van der Waals surface area contributed by atoms with Crippen LogP contribution in [0.1, 0.15) is 18.9 Å². The number of aliphatic hydroxyl groups is 1. The molecule has 11 nitrogen and oxygen atoms in total. The first kappa shape index (κ1) is 25.6. The topological polar surface area (TPSA) is 146 Å². The van der Waals surface area contributed by atoms with Gasteiger partial charge in [0.15, 0.2) is 6.10 Å². The Hall–Kier alpha value is -4.44. The van der Waals surface area contributed by atoms with E-state index >= 15 is 0 Å². The normalized spacial score (nSPS) is 17.4. The molecule has 4 rings (SSSR count). The fourth-order valence-corrected chi connectivity index (χ4v) is 3.75. The number of hydrogen-bond donors (Lipinski definition) is 2. The second kappa shape index (κ2) is 10.7. The number of nitrogens with one attached hydrogen (secondary N) is 1. The first-order valence-electron chi connectivity index (χ1n) is 11.2. The largest absolute Gasteiger partial charge is 0.483 e. The van der Waals surface area contributed by atoms with Gasteiger partial charge in [0.2, 0.25) is 5.95 Å². The smallest absolute Gasteiger partial charge is 0.318 e. The molecule has 2 aromatic heterocycles. The van der Waals surface area contributed by atoms with Gasteiger partial charge >= 0.3 is 11.9 Å². The van der Waals surface area contributed by atoms with Crippen LogP contribution in [-0.4, -0.2) is 74.2 Å². The van der Waals surface area contributed by atoms with Gasteiger partial charge in [-0.3, -0.25) is 4.79 Å². The highest BCUT2D eigenvalue weighted by Crippen LogP contribution is 2.34. The maximum absolute atomic E-state index is 14.8. The Bertz CT molecular complexity index is 1330. The number of benzene rings is 1. The van der Waals surface area contributed by atoms with Crippen LogP contribution in [0.15, 0.2) is 42.7 Å². The maximum Gasteiger partial charge on any atom is 0.318 e. The Balaban J connectivity index is 1.51. The van der Waals surface area contributed by atoms with Crippen molar-refractivity contribution in [2.75, 3.05) is 25.5 Å². The van der Waals surface area contributed by atoms with Gasteiger partial charge in [-0.2, -0.15) is 10.2 Å². The minimum absolute atomic E-state index is 0.00111. The Labute approximate surface area is 210 Å². The summed E-state index contributed by atoms with van der Waals surface area (Å²) in [5.41, 5.74) is 1.06. The summed E-state index contributed by atoms with van der Waals surface area (Å²) in [5, 5.41) is 22.0. The Morgan fingerprint density at radius 1 is 1.27 bits per heavy atom. The van der Waals surface area contributed by atoms with Gasteiger partial charge in [-0.05, 0) is 37.3 Å². The number of rotatable bonds is 7. The first-order chi connectivity index (χ1) is 17.7. The summed E-state index contributed by atoms with van der Waals surface area (Å²) in [7, 11) is 1.44. The van der Waals surface area contributed by atoms with Gasteiger partial charge in [0.25, 0.3) is 5.91 Å². The molecule has 2 N–H and O–H groups in total. The summed E-state index contributed by atoms with van der Waals surface area (Å²) in [6.07, 6.45) is -0.0423. The molecule has 37 heavy (non-hydrogen) atoms. The number of carbonyl (C=O) groups is 1. The molecule has 1 fully saturated rings. The van der Waals surface area contributed by atoms with Crippen molar-refractivity contribution in [3.63, 3.8) is 0 Å². The van der Waals surface area contributed by atoms with Crippen LogP contribution in [-0.2, 0) is 4.79 Å². The van der Waals surface area contributed by atoms with E-state index in [1.54, 1.807) is 18.2 Å². The summed E-state index contributed by atoms with van der Waals surface area (Å²) in [4.78, 5) is 29.5. The quantitative estimate of drug-likeness (QED) is 0.485. The van der Waals surface area contributed by atoms with E-state index in [4.69, 9.17) is 9.47 Å². The monoisotopic (exact) mass is 511 g/mol. The minimum atomic E-state index is -3.37. The van der Waals surface area contributed by atoms with Crippen LogP contribution in [0.3, 0.4) is 0 Å². The molecule has 0 saturated carbocycles. The molecule has 192 valence electrons. The zero-order valence-corrected chi connectivity index (χ0v) is 19.9. The van der Waals surface area contributed by atoms with E-state index < -0.39 is 30.6 Å². The van der Waals surface area contributed by atoms with E-state index in [9.17, 15) is 23.9 Å². The molecule has 0 bridgehead atoms. The van der Waals surface area contributed by atoms with Crippen molar-refractivity contribution < 1.29 is 28.2 Å². The Kier molecular flexibility index (Phi) is 7.40. The molecular weight excluding hydrogens is 488 g/mol. The zero-order chi connectivity index (χ0) is 26.6. The Morgan fingerprint density at radius 2 is 2.05 bits per heavy atom. The van der Waals surface area contributed by atoms with E-state index in [2.05, 4.69) is 25.3 Å². The molecule has 0 spiro atoms. The summed E-state index contributed by atoms with van der Waals surface area (Å²) >= 11 is 0. The average molecular weight is 511 g/mol. The van der Waals surface area contributed by atoms with E-state index in [0.29, 0.717) is 17.1 Å². The van der Waals surface area contributed by atoms with Crippen molar-refractivity contribution in [2.24, 2.45) is 0 Å². The van der Waals surface area contributed by atoms with E-state index in [1.165, 1.54) is 38.6 Å². The zero-order valence-electron chi connectivity index (χ0n) is 19.9. The highest BCUT2D eigenvalue weighted by Gasteiger charge is 2.48. The third kappa shape index (κ3) is 5.87. The second-order valence-electron chi connectivity index (χ2n) is 8.23. The third-order valence-corrected chi connectivity index (χ3v) is 5.58.